The summed E-state index contributed by atoms with van der Waals surface area (Å²) in [6, 6.07) is 19.1. The molecule has 0 atom stereocenters. The van der Waals surface area contributed by atoms with Gasteiger partial charge in [0.1, 0.15) is 6.61 Å². The largest absolute Gasteiger partial charge is 0.490 e. The third-order valence-corrected chi connectivity index (χ3v) is 6.49. The molecule has 1 heterocycles. The Kier molecular flexibility index (Phi) is 7.97. The van der Waals surface area contributed by atoms with Crippen molar-refractivity contribution in [2.75, 3.05) is 13.7 Å². The number of benzene rings is 3. The lowest BCUT2D eigenvalue weighted by Crippen LogP contribution is -2.23. The lowest BCUT2D eigenvalue weighted by molar-refractivity contribution is -0.121. The monoisotopic (exact) mass is 522 g/mol. The minimum atomic E-state index is -1.01. The van der Waals surface area contributed by atoms with Gasteiger partial charge < -0.3 is 14.6 Å². The van der Waals surface area contributed by atoms with Crippen LogP contribution in [-0.2, 0) is 11.4 Å². The van der Waals surface area contributed by atoms with Gasteiger partial charge in [-0.3, -0.25) is 9.69 Å². The molecule has 0 saturated carbocycles. The van der Waals surface area contributed by atoms with Gasteiger partial charge >= 0.3 is 5.97 Å². The number of carboxylic acids is 1. The standard InChI is InChI=1S/C27H23ClN2O5S/c1-3-34-23-14-17(7-12-22(23)35-16-18-5-4-6-20(28)13-18)15-24-25(31)30(2)27(36-24)29-21-10-8-19(9-11-21)26(32)33/h4-15H,3,16H2,1-2H3,(H,32,33)/b24-15-,29-27?. The maximum Gasteiger partial charge on any atom is 0.335 e. The molecule has 3 aromatic rings. The first-order chi connectivity index (χ1) is 17.3. The van der Waals surface area contributed by atoms with Crippen molar-refractivity contribution in [1.29, 1.82) is 0 Å². The van der Waals surface area contributed by atoms with Crippen molar-refractivity contribution in [2.24, 2.45) is 4.99 Å². The number of halogens is 1. The molecule has 4 rings (SSSR count). The van der Waals surface area contributed by atoms with Crippen LogP contribution in [0.3, 0.4) is 0 Å². The number of amides is 1. The van der Waals surface area contributed by atoms with Gasteiger partial charge in [0, 0.05) is 12.1 Å². The maximum atomic E-state index is 12.8. The topological polar surface area (TPSA) is 88.4 Å². The number of carbonyl (C=O) groups is 2. The highest BCUT2D eigenvalue weighted by Crippen LogP contribution is 2.35. The van der Waals surface area contributed by atoms with Crippen LogP contribution in [0.1, 0.15) is 28.4 Å². The summed E-state index contributed by atoms with van der Waals surface area (Å²) in [4.78, 5) is 30.3. The van der Waals surface area contributed by atoms with E-state index in [-0.39, 0.29) is 11.5 Å². The van der Waals surface area contributed by atoms with Crippen LogP contribution < -0.4 is 9.47 Å². The van der Waals surface area contributed by atoms with Crippen molar-refractivity contribution in [1.82, 2.24) is 4.90 Å². The minimum Gasteiger partial charge on any atom is -0.490 e. The highest BCUT2D eigenvalue weighted by Gasteiger charge is 2.30. The van der Waals surface area contributed by atoms with Crippen molar-refractivity contribution in [3.63, 3.8) is 0 Å². The predicted octanol–water partition coefficient (Wildman–Crippen LogP) is 6.25. The average molecular weight is 523 g/mol. The van der Waals surface area contributed by atoms with E-state index in [9.17, 15) is 9.59 Å². The SMILES string of the molecule is CCOc1cc(/C=C2\SC(=Nc3ccc(C(=O)O)cc3)N(C)C2=O)ccc1OCc1cccc(Cl)c1. The van der Waals surface area contributed by atoms with E-state index in [0.29, 0.717) is 45.5 Å². The first-order valence-corrected chi connectivity index (χ1v) is 12.3. The van der Waals surface area contributed by atoms with Gasteiger partial charge in [0.15, 0.2) is 16.7 Å². The Morgan fingerprint density at radius 1 is 1.08 bits per heavy atom. The van der Waals surface area contributed by atoms with E-state index in [1.54, 1.807) is 25.3 Å². The second-order valence-electron chi connectivity index (χ2n) is 7.78. The van der Waals surface area contributed by atoms with Crippen LogP contribution in [0.15, 0.2) is 76.6 Å². The number of carbonyl (C=O) groups excluding carboxylic acids is 1. The van der Waals surface area contributed by atoms with E-state index < -0.39 is 5.97 Å². The van der Waals surface area contributed by atoms with Gasteiger partial charge in [-0.1, -0.05) is 29.8 Å². The lowest BCUT2D eigenvalue weighted by Gasteiger charge is -2.13. The number of aromatic carboxylic acids is 1. The molecular formula is C27H23ClN2O5S. The molecule has 1 amide bonds. The van der Waals surface area contributed by atoms with E-state index in [1.165, 1.54) is 28.8 Å². The molecule has 9 heteroatoms. The number of hydrogen-bond donors (Lipinski definition) is 1. The summed E-state index contributed by atoms with van der Waals surface area (Å²) < 4.78 is 11.7. The van der Waals surface area contributed by atoms with Crippen LogP contribution in [0.2, 0.25) is 5.02 Å². The van der Waals surface area contributed by atoms with Crippen LogP contribution in [0.4, 0.5) is 5.69 Å². The molecule has 0 radical (unpaired) electrons. The quantitative estimate of drug-likeness (QED) is 0.352. The molecule has 1 saturated heterocycles. The Balaban J connectivity index is 1.53. The maximum absolute atomic E-state index is 12.8. The first kappa shape index (κ1) is 25.3. The summed E-state index contributed by atoms with van der Waals surface area (Å²) in [6.07, 6.45) is 1.78. The summed E-state index contributed by atoms with van der Waals surface area (Å²) >= 11 is 7.30. The molecule has 1 aliphatic heterocycles. The number of thioether (sulfide) groups is 1. The van der Waals surface area contributed by atoms with Crippen LogP contribution >= 0.6 is 23.4 Å². The molecule has 1 aliphatic rings. The summed E-state index contributed by atoms with van der Waals surface area (Å²) in [5.41, 5.74) is 2.46. The Morgan fingerprint density at radius 3 is 2.56 bits per heavy atom. The molecule has 184 valence electrons. The number of hydrogen-bond acceptors (Lipinski definition) is 6. The Hall–Kier alpha value is -3.75. The fourth-order valence-electron chi connectivity index (χ4n) is 3.38. The van der Waals surface area contributed by atoms with Gasteiger partial charge in [-0.05, 0) is 84.4 Å². The van der Waals surface area contributed by atoms with Gasteiger partial charge in [0.25, 0.3) is 5.91 Å². The Bertz CT molecular complexity index is 1350. The second-order valence-corrected chi connectivity index (χ2v) is 9.22. The predicted molar refractivity (Wildman–Crippen MR) is 142 cm³/mol. The van der Waals surface area contributed by atoms with E-state index in [4.69, 9.17) is 26.2 Å². The van der Waals surface area contributed by atoms with Gasteiger partial charge in [0.2, 0.25) is 0 Å². The Labute approximate surface area is 218 Å². The van der Waals surface area contributed by atoms with E-state index in [1.807, 2.05) is 49.4 Å². The number of carboxylic acid groups (broad SMARTS) is 1. The van der Waals surface area contributed by atoms with Crippen LogP contribution in [0.25, 0.3) is 6.08 Å². The number of amidine groups is 1. The molecule has 0 aliphatic carbocycles. The molecule has 36 heavy (non-hydrogen) atoms. The highest BCUT2D eigenvalue weighted by molar-refractivity contribution is 8.18. The van der Waals surface area contributed by atoms with Crippen molar-refractivity contribution in [2.45, 2.75) is 13.5 Å². The van der Waals surface area contributed by atoms with Gasteiger partial charge in [-0.2, -0.15) is 0 Å². The summed E-state index contributed by atoms with van der Waals surface area (Å²) in [6.45, 7) is 2.69. The van der Waals surface area contributed by atoms with Crippen LogP contribution in [0, 0.1) is 0 Å². The van der Waals surface area contributed by atoms with E-state index in [2.05, 4.69) is 4.99 Å². The van der Waals surface area contributed by atoms with Crippen LogP contribution in [-0.4, -0.2) is 40.7 Å². The van der Waals surface area contributed by atoms with Gasteiger partial charge in [0.05, 0.1) is 22.8 Å². The summed E-state index contributed by atoms with van der Waals surface area (Å²) in [7, 11) is 1.65. The molecule has 7 nitrogen and oxygen atoms in total. The zero-order valence-electron chi connectivity index (χ0n) is 19.6. The van der Waals surface area contributed by atoms with Gasteiger partial charge in [-0.25, -0.2) is 9.79 Å². The van der Waals surface area contributed by atoms with Crippen molar-refractivity contribution in [3.05, 3.63) is 93.3 Å². The fourth-order valence-corrected chi connectivity index (χ4v) is 4.58. The number of aliphatic imine (C=N–C) groups is 1. The molecule has 3 aromatic carbocycles. The fraction of sp³-hybridized carbons (Fsp3) is 0.148. The zero-order chi connectivity index (χ0) is 25.7. The molecule has 1 N–H and O–H groups in total. The minimum absolute atomic E-state index is 0.174. The third-order valence-electron chi connectivity index (χ3n) is 5.19. The molecule has 0 aromatic heterocycles. The van der Waals surface area contributed by atoms with Crippen LogP contribution in [0.5, 0.6) is 11.5 Å². The number of rotatable bonds is 8. The molecule has 0 bridgehead atoms. The molecule has 1 fully saturated rings. The molecule has 0 unspecified atom stereocenters. The highest BCUT2D eigenvalue weighted by atomic mass is 35.5. The molecule has 0 spiro atoms. The third kappa shape index (κ3) is 6.08. The van der Waals surface area contributed by atoms with Crippen molar-refractivity contribution in [3.8, 4) is 11.5 Å². The summed E-state index contributed by atoms with van der Waals surface area (Å²) in [5.74, 6) is -0.0203. The normalized spacial score (nSPS) is 15.5. The Morgan fingerprint density at radius 2 is 1.86 bits per heavy atom. The van der Waals surface area contributed by atoms with E-state index >= 15 is 0 Å². The smallest absolute Gasteiger partial charge is 0.335 e. The van der Waals surface area contributed by atoms with Crippen molar-refractivity contribution < 1.29 is 24.2 Å². The van der Waals surface area contributed by atoms with E-state index in [0.717, 1.165) is 11.1 Å². The average Bonchev–Trinajstić information content (AvgIpc) is 3.11. The second kappa shape index (κ2) is 11.3. The number of likely N-dealkylation sites (N-methyl/N-ethyl adjacent to an activating group) is 1. The first-order valence-electron chi connectivity index (χ1n) is 11.1. The lowest BCUT2D eigenvalue weighted by atomic mass is 10.1. The number of ether oxygens (including phenoxy) is 2. The summed E-state index contributed by atoms with van der Waals surface area (Å²) in [5, 5.41) is 10.2. The number of nitrogens with zero attached hydrogens (tertiary/aromatic N) is 2. The van der Waals surface area contributed by atoms with Gasteiger partial charge in [-0.15, -0.1) is 0 Å². The zero-order valence-corrected chi connectivity index (χ0v) is 21.2. The van der Waals surface area contributed by atoms with Crippen molar-refractivity contribution >= 4 is 52.2 Å². The molecular weight excluding hydrogens is 500 g/mol.